The standard InChI is InChI=1S/C13H14O2/c1-9-7-11(14-2)8-10-5-4-6-12(15-3)13(9)10/h4-8H,1-3H3. The fraction of sp³-hybridized carbons (Fsp3) is 0.231. The van der Waals surface area contributed by atoms with Crippen LogP contribution in [0.2, 0.25) is 0 Å². The lowest BCUT2D eigenvalue weighted by Crippen LogP contribution is -1.89. The average molecular weight is 202 g/mol. The molecule has 2 nitrogen and oxygen atoms in total. The molecule has 0 saturated carbocycles. The second-order valence-corrected chi connectivity index (χ2v) is 3.50. The molecule has 0 amide bonds. The Labute approximate surface area is 89.4 Å². The van der Waals surface area contributed by atoms with Gasteiger partial charge in [0.1, 0.15) is 11.5 Å². The number of hydrogen-bond donors (Lipinski definition) is 0. The maximum absolute atomic E-state index is 5.34. The van der Waals surface area contributed by atoms with E-state index in [-0.39, 0.29) is 0 Å². The summed E-state index contributed by atoms with van der Waals surface area (Å²) in [6, 6.07) is 10.1. The Morgan fingerprint density at radius 3 is 2.47 bits per heavy atom. The summed E-state index contributed by atoms with van der Waals surface area (Å²) in [5.74, 6) is 1.79. The highest BCUT2D eigenvalue weighted by Gasteiger charge is 2.05. The van der Waals surface area contributed by atoms with Crippen molar-refractivity contribution in [3.63, 3.8) is 0 Å². The van der Waals surface area contributed by atoms with Gasteiger partial charge in [-0.1, -0.05) is 12.1 Å². The second-order valence-electron chi connectivity index (χ2n) is 3.50. The Balaban J connectivity index is 2.78. The van der Waals surface area contributed by atoms with E-state index in [0.29, 0.717) is 0 Å². The van der Waals surface area contributed by atoms with Crippen molar-refractivity contribution in [2.24, 2.45) is 0 Å². The third-order valence-electron chi connectivity index (χ3n) is 2.56. The van der Waals surface area contributed by atoms with Crippen molar-refractivity contribution < 1.29 is 9.47 Å². The SMILES string of the molecule is COc1cc(C)c2c(OC)cccc2c1. The van der Waals surface area contributed by atoms with Gasteiger partial charge < -0.3 is 9.47 Å². The van der Waals surface area contributed by atoms with Crippen LogP contribution in [0.5, 0.6) is 11.5 Å². The summed E-state index contributed by atoms with van der Waals surface area (Å²) in [6.07, 6.45) is 0. The van der Waals surface area contributed by atoms with Crippen LogP contribution in [0.15, 0.2) is 30.3 Å². The van der Waals surface area contributed by atoms with E-state index in [2.05, 4.69) is 13.0 Å². The molecule has 0 radical (unpaired) electrons. The van der Waals surface area contributed by atoms with Crippen LogP contribution in [0.1, 0.15) is 5.56 Å². The Morgan fingerprint density at radius 1 is 1.00 bits per heavy atom. The van der Waals surface area contributed by atoms with E-state index in [4.69, 9.17) is 9.47 Å². The molecule has 0 spiro atoms. The van der Waals surface area contributed by atoms with Crippen LogP contribution in [0, 0.1) is 6.92 Å². The lowest BCUT2D eigenvalue weighted by molar-refractivity contribution is 0.414. The average Bonchev–Trinajstić information content (AvgIpc) is 2.27. The summed E-state index contributed by atoms with van der Waals surface area (Å²) in [4.78, 5) is 0. The van der Waals surface area contributed by atoms with Crippen molar-refractivity contribution in [1.82, 2.24) is 0 Å². The normalized spacial score (nSPS) is 10.3. The van der Waals surface area contributed by atoms with Crippen LogP contribution in [0.3, 0.4) is 0 Å². The lowest BCUT2D eigenvalue weighted by Gasteiger charge is -2.10. The second kappa shape index (κ2) is 3.81. The van der Waals surface area contributed by atoms with Gasteiger partial charge in [-0.25, -0.2) is 0 Å². The molecule has 0 aromatic heterocycles. The van der Waals surface area contributed by atoms with E-state index in [1.807, 2.05) is 24.3 Å². The predicted octanol–water partition coefficient (Wildman–Crippen LogP) is 3.17. The van der Waals surface area contributed by atoms with Crippen LogP contribution < -0.4 is 9.47 Å². The quantitative estimate of drug-likeness (QED) is 0.744. The summed E-state index contributed by atoms with van der Waals surface area (Å²) in [5.41, 5.74) is 1.17. The molecule has 0 saturated heterocycles. The van der Waals surface area contributed by atoms with Crippen LogP contribution >= 0.6 is 0 Å². The van der Waals surface area contributed by atoms with Gasteiger partial charge in [-0.2, -0.15) is 0 Å². The molecule has 0 atom stereocenters. The van der Waals surface area contributed by atoms with E-state index < -0.39 is 0 Å². The lowest BCUT2D eigenvalue weighted by atomic mass is 10.0. The first-order valence-electron chi connectivity index (χ1n) is 4.87. The first-order valence-corrected chi connectivity index (χ1v) is 4.87. The van der Waals surface area contributed by atoms with Crippen LogP contribution in [0.25, 0.3) is 10.8 Å². The maximum Gasteiger partial charge on any atom is 0.126 e. The van der Waals surface area contributed by atoms with Gasteiger partial charge in [0.05, 0.1) is 14.2 Å². The molecule has 0 heterocycles. The van der Waals surface area contributed by atoms with Gasteiger partial charge in [0.15, 0.2) is 0 Å². The van der Waals surface area contributed by atoms with Gasteiger partial charge in [0.25, 0.3) is 0 Å². The first kappa shape index (κ1) is 9.84. The largest absolute Gasteiger partial charge is 0.497 e. The van der Waals surface area contributed by atoms with Gasteiger partial charge in [0.2, 0.25) is 0 Å². The minimum absolute atomic E-state index is 0.883. The van der Waals surface area contributed by atoms with Crippen molar-refractivity contribution in [3.05, 3.63) is 35.9 Å². The number of ether oxygens (including phenoxy) is 2. The molecule has 0 aliphatic heterocycles. The van der Waals surface area contributed by atoms with Crippen LogP contribution in [-0.4, -0.2) is 14.2 Å². The highest BCUT2D eigenvalue weighted by molar-refractivity contribution is 5.92. The Hall–Kier alpha value is -1.70. The first-order chi connectivity index (χ1) is 7.26. The topological polar surface area (TPSA) is 18.5 Å². The van der Waals surface area contributed by atoms with E-state index in [1.165, 1.54) is 5.56 Å². The molecule has 2 heteroatoms. The minimum Gasteiger partial charge on any atom is -0.497 e. The maximum atomic E-state index is 5.34. The number of benzene rings is 2. The number of aryl methyl sites for hydroxylation is 1. The molecule has 2 aromatic carbocycles. The Morgan fingerprint density at radius 2 is 1.80 bits per heavy atom. The highest BCUT2D eigenvalue weighted by Crippen LogP contribution is 2.31. The zero-order valence-corrected chi connectivity index (χ0v) is 9.20. The third kappa shape index (κ3) is 1.63. The van der Waals surface area contributed by atoms with Gasteiger partial charge >= 0.3 is 0 Å². The molecule has 2 aromatic rings. The molecule has 0 aliphatic carbocycles. The fourth-order valence-electron chi connectivity index (χ4n) is 1.86. The molecule has 78 valence electrons. The van der Waals surface area contributed by atoms with Gasteiger partial charge in [0, 0.05) is 5.39 Å². The summed E-state index contributed by atoms with van der Waals surface area (Å²) < 4.78 is 10.6. The van der Waals surface area contributed by atoms with Crippen LogP contribution in [0.4, 0.5) is 0 Å². The molecule has 0 bridgehead atoms. The molecule has 0 N–H and O–H groups in total. The molecule has 0 aliphatic rings. The molecule has 0 unspecified atom stereocenters. The van der Waals surface area contributed by atoms with E-state index in [0.717, 1.165) is 22.3 Å². The van der Waals surface area contributed by atoms with Gasteiger partial charge in [-0.3, -0.25) is 0 Å². The van der Waals surface area contributed by atoms with E-state index >= 15 is 0 Å². The van der Waals surface area contributed by atoms with E-state index in [9.17, 15) is 0 Å². The van der Waals surface area contributed by atoms with Gasteiger partial charge in [-0.05, 0) is 36.1 Å². The summed E-state index contributed by atoms with van der Waals surface area (Å²) in [5, 5.41) is 2.30. The van der Waals surface area contributed by atoms with Crippen molar-refractivity contribution in [2.45, 2.75) is 6.92 Å². The molecule has 15 heavy (non-hydrogen) atoms. The number of fused-ring (bicyclic) bond motifs is 1. The molecule has 2 rings (SSSR count). The van der Waals surface area contributed by atoms with Crippen molar-refractivity contribution >= 4 is 10.8 Å². The monoisotopic (exact) mass is 202 g/mol. The molecular weight excluding hydrogens is 188 g/mol. The molecule has 0 fully saturated rings. The van der Waals surface area contributed by atoms with Gasteiger partial charge in [-0.15, -0.1) is 0 Å². The van der Waals surface area contributed by atoms with Crippen molar-refractivity contribution in [2.75, 3.05) is 14.2 Å². The fourth-order valence-corrected chi connectivity index (χ4v) is 1.86. The summed E-state index contributed by atoms with van der Waals surface area (Å²) in [7, 11) is 3.37. The smallest absolute Gasteiger partial charge is 0.126 e. The minimum atomic E-state index is 0.883. The Bertz CT molecular complexity index is 489. The third-order valence-corrected chi connectivity index (χ3v) is 2.56. The Kier molecular flexibility index (Phi) is 2.50. The summed E-state index contributed by atoms with van der Waals surface area (Å²) in [6.45, 7) is 2.06. The number of rotatable bonds is 2. The molecular formula is C13H14O2. The van der Waals surface area contributed by atoms with Crippen LogP contribution in [-0.2, 0) is 0 Å². The number of hydrogen-bond acceptors (Lipinski definition) is 2. The number of methoxy groups -OCH3 is 2. The predicted molar refractivity (Wildman–Crippen MR) is 61.8 cm³/mol. The van der Waals surface area contributed by atoms with Crippen molar-refractivity contribution in [1.29, 1.82) is 0 Å². The zero-order valence-electron chi connectivity index (χ0n) is 9.20. The van der Waals surface area contributed by atoms with Crippen molar-refractivity contribution in [3.8, 4) is 11.5 Å². The highest BCUT2D eigenvalue weighted by atomic mass is 16.5. The summed E-state index contributed by atoms with van der Waals surface area (Å²) >= 11 is 0. The zero-order chi connectivity index (χ0) is 10.8. The van der Waals surface area contributed by atoms with E-state index in [1.54, 1.807) is 14.2 Å².